The van der Waals surface area contributed by atoms with Gasteiger partial charge in [0.15, 0.2) is 0 Å². The third kappa shape index (κ3) is 2.33. The maximum Gasteiger partial charge on any atom is 0.255 e. The van der Waals surface area contributed by atoms with Gasteiger partial charge in [-0.05, 0) is 35.7 Å². The number of hydrogen-bond acceptors (Lipinski definition) is 2. The predicted molar refractivity (Wildman–Crippen MR) is 79.4 cm³/mol. The minimum absolute atomic E-state index is 0.0655. The molecule has 0 aliphatic heterocycles. The van der Waals surface area contributed by atoms with Gasteiger partial charge in [0.1, 0.15) is 5.75 Å². The second-order valence-corrected chi connectivity index (χ2v) is 4.81. The Hall–Kier alpha value is -2.46. The van der Waals surface area contributed by atoms with Crippen molar-refractivity contribution < 1.29 is 9.90 Å². The number of H-pyrrole nitrogens is 1. The second-order valence-electron chi connectivity index (χ2n) is 4.40. The van der Waals surface area contributed by atoms with E-state index in [0.29, 0.717) is 11.3 Å². The number of nitrogens with one attached hydrogen (secondary N) is 2. The van der Waals surface area contributed by atoms with E-state index in [1.165, 1.54) is 12.1 Å². The van der Waals surface area contributed by atoms with E-state index in [0.717, 1.165) is 10.9 Å². The first-order valence-corrected chi connectivity index (χ1v) is 6.38. The monoisotopic (exact) mass is 286 g/mol. The molecular weight excluding hydrogens is 276 g/mol. The number of aromatic hydroxyl groups is 1. The van der Waals surface area contributed by atoms with Gasteiger partial charge < -0.3 is 15.4 Å². The number of carbonyl (C=O) groups excluding carboxylic acids is 1. The number of amides is 1. The Labute approximate surface area is 120 Å². The number of anilines is 1. The molecule has 100 valence electrons. The summed E-state index contributed by atoms with van der Waals surface area (Å²) in [4.78, 5) is 15.2. The van der Waals surface area contributed by atoms with Crippen molar-refractivity contribution in [2.45, 2.75) is 0 Å². The molecule has 2 aromatic carbocycles. The zero-order valence-electron chi connectivity index (χ0n) is 10.4. The maximum absolute atomic E-state index is 12.1. The van der Waals surface area contributed by atoms with Gasteiger partial charge in [-0.1, -0.05) is 17.7 Å². The van der Waals surface area contributed by atoms with Crippen LogP contribution < -0.4 is 5.32 Å². The van der Waals surface area contributed by atoms with Crippen molar-refractivity contribution in [1.82, 2.24) is 4.98 Å². The lowest BCUT2D eigenvalue weighted by molar-refractivity contribution is 0.102. The van der Waals surface area contributed by atoms with Gasteiger partial charge in [-0.15, -0.1) is 0 Å². The van der Waals surface area contributed by atoms with Crippen molar-refractivity contribution in [3.63, 3.8) is 0 Å². The standard InChI is InChI=1S/C15H11ClN2O2/c16-12-4-3-11(8-14(12)19)18-15(20)10-2-1-9-5-6-17-13(9)7-10/h1-8,17,19H,(H,18,20). The molecule has 0 radical (unpaired) electrons. The van der Waals surface area contributed by atoms with Crippen molar-refractivity contribution in [2.24, 2.45) is 0 Å². The van der Waals surface area contributed by atoms with Crippen LogP contribution >= 0.6 is 11.6 Å². The van der Waals surface area contributed by atoms with Crippen LogP contribution in [0.25, 0.3) is 10.9 Å². The quantitative estimate of drug-likeness (QED) is 0.671. The zero-order chi connectivity index (χ0) is 14.1. The van der Waals surface area contributed by atoms with E-state index < -0.39 is 0 Å². The van der Waals surface area contributed by atoms with Gasteiger partial charge >= 0.3 is 0 Å². The smallest absolute Gasteiger partial charge is 0.255 e. The first kappa shape index (κ1) is 12.6. The summed E-state index contributed by atoms with van der Waals surface area (Å²) < 4.78 is 0. The van der Waals surface area contributed by atoms with E-state index >= 15 is 0 Å². The van der Waals surface area contributed by atoms with Crippen LogP contribution in [0, 0.1) is 0 Å². The van der Waals surface area contributed by atoms with E-state index in [1.807, 2.05) is 18.3 Å². The lowest BCUT2D eigenvalue weighted by atomic mass is 10.1. The molecule has 1 amide bonds. The maximum atomic E-state index is 12.1. The summed E-state index contributed by atoms with van der Waals surface area (Å²) >= 11 is 5.72. The van der Waals surface area contributed by atoms with Crippen molar-refractivity contribution in [3.05, 3.63) is 59.2 Å². The predicted octanol–water partition coefficient (Wildman–Crippen LogP) is 3.78. The molecule has 0 saturated carbocycles. The summed E-state index contributed by atoms with van der Waals surface area (Å²) in [7, 11) is 0. The third-order valence-electron chi connectivity index (χ3n) is 3.02. The lowest BCUT2D eigenvalue weighted by Gasteiger charge is -2.06. The van der Waals surface area contributed by atoms with E-state index in [4.69, 9.17) is 11.6 Å². The summed E-state index contributed by atoms with van der Waals surface area (Å²) in [6.45, 7) is 0. The van der Waals surface area contributed by atoms with Gasteiger partial charge in [0.2, 0.25) is 0 Å². The van der Waals surface area contributed by atoms with Crippen molar-refractivity contribution in [3.8, 4) is 5.75 Å². The number of halogens is 1. The Kier molecular flexibility index (Phi) is 3.08. The summed E-state index contributed by atoms with van der Waals surface area (Å²) in [5.41, 5.74) is 1.93. The number of aromatic amines is 1. The van der Waals surface area contributed by atoms with Crippen molar-refractivity contribution in [2.75, 3.05) is 5.32 Å². The fourth-order valence-electron chi connectivity index (χ4n) is 1.98. The Morgan fingerprint density at radius 2 is 2.00 bits per heavy atom. The molecule has 0 atom stereocenters. The van der Waals surface area contributed by atoms with Crippen molar-refractivity contribution >= 4 is 34.1 Å². The first-order valence-electron chi connectivity index (χ1n) is 6.00. The highest BCUT2D eigenvalue weighted by Crippen LogP contribution is 2.26. The fourth-order valence-corrected chi connectivity index (χ4v) is 2.10. The Bertz CT molecular complexity index is 795. The Balaban J connectivity index is 1.86. The summed E-state index contributed by atoms with van der Waals surface area (Å²) in [5, 5.41) is 13.5. The van der Waals surface area contributed by atoms with Crippen LogP contribution in [-0.2, 0) is 0 Å². The topological polar surface area (TPSA) is 65.1 Å². The average Bonchev–Trinajstić information content (AvgIpc) is 2.90. The second kappa shape index (κ2) is 4.90. The molecule has 20 heavy (non-hydrogen) atoms. The summed E-state index contributed by atoms with van der Waals surface area (Å²) in [5.74, 6) is -0.312. The number of phenolic OH excluding ortho intramolecular Hbond substituents is 1. The van der Waals surface area contributed by atoms with Crippen LogP contribution in [-0.4, -0.2) is 16.0 Å². The highest BCUT2D eigenvalue weighted by Gasteiger charge is 2.08. The molecule has 0 unspecified atom stereocenters. The molecule has 1 heterocycles. The van der Waals surface area contributed by atoms with Crippen LogP contribution in [0.5, 0.6) is 5.75 Å². The van der Waals surface area contributed by atoms with Gasteiger partial charge in [0.05, 0.1) is 5.02 Å². The van der Waals surface area contributed by atoms with Gasteiger partial charge in [-0.3, -0.25) is 4.79 Å². The highest BCUT2D eigenvalue weighted by molar-refractivity contribution is 6.32. The number of aromatic nitrogens is 1. The molecule has 0 spiro atoms. The zero-order valence-corrected chi connectivity index (χ0v) is 11.1. The van der Waals surface area contributed by atoms with Crippen molar-refractivity contribution in [1.29, 1.82) is 0 Å². The third-order valence-corrected chi connectivity index (χ3v) is 3.34. The number of carbonyl (C=O) groups is 1. The van der Waals surface area contributed by atoms with Crippen LogP contribution in [0.1, 0.15) is 10.4 Å². The van der Waals surface area contributed by atoms with Gasteiger partial charge in [0.25, 0.3) is 5.91 Å². The Morgan fingerprint density at radius 3 is 2.80 bits per heavy atom. The van der Waals surface area contributed by atoms with Gasteiger partial charge in [0, 0.05) is 29.0 Å². The lowest BCUT2D eigenvalue weighted by Crippen LogP contribution is -2.11. The number of rotatable bonds is 2. The molecular formula is C15H11ClN2O2. The minimum Gasteiger partial charge on any atom is -0.506 e. The van der Waals surface area contributed by atoms with Crippen LogP contribution in [0.3, 0.4) is 0 Å². The largest absolute Gasteiger partial charge is 0.506 e. The molecule has 1 aromatic heterocycles. The summed E-state index contributed by atoms with van der Waals surface area (Å²) in [6.07, 6.45) is 1.82. The van der Waals surface area contributed by atoms with Crippen LogP contribution in [0.15, 0.2) is 48.7 Å². The van der Waals surface area contributed by atoms with E-state index in [1.54, 1.807) is 18.2 Å². The number of hydrogen-bond donors (Lipinski definition) is 3. The molecule has 0 saturated heterocycles. The molecule has 3 N–H and O–H groups in total. The molecule has 0 bridgehead atoms. The van der Waals surface area contributed by atoms with Crippen LogP contribution in [0.2, 0.25) is 5.02 Å². The normalized spacial score (nSPS) is 10.7. The number of benzene rings is 2. The summed E-state index contributed by atoms with van der Waals surface area (Å²) in [6, 6.07) is 11.9. The molecule has 5 heteroatoms. The Morgan fingerprint density at radius 1 is 1.15 bits per heavy atom. The fraction of sp³-hybridized carbons (Fsp3) is 0. The van der Waals surface area contributed by atoms with Crippen LogP contribution in [0.4, 0.5) is 5.69 Å². The molecule has 3 aromatic rings. The number of phenols is 1. The molecule has 0 aliphatic carbocycles. The number of fused-ring (bicyclic) bond motifs is 1. The van der Waals surface area contributed by atoms with Gasteiger partial charge in [-0.2, -0.15) is 0 Å². The molecule has 3 rings (SSSR count). The SMILES string of the molecule is O=C(Nc1ccc(Cl)c(O)c1)c1ccc2cc[nH]c2c1. The minimum atomic E-state index is -0.247. The van der Waals surface area contributed by atoms with E-state index in [-0.39, 0.29) is 16.7 Å². The first-order chi connectivity index (χ1) is 9.63. The van der Waals surface area contributed by atoms with E-state index in [9.17, 15) is 9.90 Å². The molecule has 0 fully saturated rings. The highest BCUT2D eigenvalue weighted by atomic mass is 35.5. The van der Waals surface area contributed by atoms with Gasteiger partial charge in [-0.25, -0.2) is 0 Å². The van der Waals surface area contributed by atoms with E-state index in [2.05, 4.69) is 10.3 Å². The molecule has 4 nitrogen and oxygen atoms in total. The molecule has 0 aliphatic rings. The average molecular weight is 287 g/mol.